The number of nitrogens with zero attached hydrogens (tertiary/aromatic N) is 1. The molecule has 1 saturated heterocycles. The predicted octanol–water partition coefficient (Wildman–Crippen LogP) is 0.584. The summed E-state index contributed by atoms with van der Waals surface area (Å²) >= 11 is 1.44. The van der Waals surface area contributed by atoms with Crippen LogP contribution in [-0.4, -0.2) is 52.8 Å². The van der Waals surface area contributed by atoms with Gasteiger partial charge in [0.1, 0.15) is 0 Å². The van der Waals surface area contributed by atoms with Crippen LogP contribution in [0.15, 0.2) is 11.0 Å². The van der Waals surface area contributed by atoms with E-state index >= 15 is 0 Å². The van der Waals surface area contributed by atoms with E-state index in [0.717, 1.165) is 9.75 Å². The molecule has 0 spiro atoms. The second-order valence-corrected chi connectivity index (χ2v) is 10.8. The van der Waals surface area contributed by atoms with E-state index in [2.05, 4.69) is 5.32 Å². The molecule has 0 aromatic carbocycles. The molecule has 21 heavy (non-hydrogen) atoms. The highest BCUT2D eigenvalue weighted by atomic mass is 32.2. The van der Waals surface area contributed by atoms with E-state index in [4.69, 9.17) is 0 Å². The summed E-state index contributed by atoms with van der Waals surface area (Å²) in [7, 11) is -3.49. The van der Waals surface area contributed by atoms with Gasteiger partial charge >= 0.3 is 0 Å². The van der Waals surface area contributed by atoms with Crippen LogP contribution in [0, 0.1) is 6.92 Å². The van der Waals surface area contributed by atoms with Crippen molar-refractivity contribution in [2.45, 2.75) is 30.8 Å². The molecule has 6 nitrogen and oxygen atoms in total. The van der Waals surface area contributed by atoms with Crippen LogP contribution in [0.5, 0.6) is 0 Å². The number of sulfonamides is 1. The van der Waals surface area contributed by atoms with E-state index in [-0.39, 0.29) is 16.4 Å². The summed E-state index contributed by atoms with van der Waals surface area (Å²) in [5.74, 6) is -0.0273. The Bertz CT molecular complexity index is 722. The summed E-state index contributed by atoms with van der Waals surface area (Å²) in [6.07, 6.45) is 0.366. The maximum atomic E-state index is 12.7. The first-order valence-electron chi connectivity index (χ1n) is 6.60. The summed E-state index contributed by atoms with van der Waals surface area (Å²) in [6, 6.07) is 1.21. The van der Waals surface area contributed by atoms with Crippen LogP contribution in [0.4, 0.5) is 0 Å². The van der Waals surface area contributed by atoms with Gasteiger partial charge in [0.25, 0.3) is 0 Å². The van der Waals surface area contributed by atoms with Crippen molar-refractivity contribution in [3.63, 3.8) is 0 Å². The van der Waals surface area contributed by atoms with Crippen molar-refractivity contribution in [3.8, 4) is 0 Å². The molecule has 1 aliphatic heterocycles. The summed E-state index contributed by atoms with van der Waals surface area (Å²) in [6.45, 7) is 2.39. The summed E-state index contributed by atoms with van der Waals surface area (Å²) in [5.41, 5.74) is 0. The number of sulfone groups is 1. The molecule has 1 N–H and O–H groups in total. The maximum Gasteiger partial charge on any atom is 0.244 e. The van der Waals surface area contributed by atoms with Gasteiger partial charge in [-0.05, 0) is 26.5 Å². The van der Waals surface area contributed by atoms with E-state index < -0.39 is 25.9 Å². The zero-order valence-electron chi connectivity index (χ0n) is 12.3. The quantitative estimate of drug-likeness (QED) is 0.838. The van der Waals surface area contributed by atoms with Crippen molar-refractivity contribution in [1.82, 2.24) is 9.62 Å². The summed E-state index contributed by atoms with van der Waals surface area (Å²) in [4.78, 5) is 1.96. The number of nitrogens with one attached hydrogen (secondary N) is 1. The van der Waals surface area contributed by atoms with Gasteiger partial charge in [-0.1, -0.05) is 0 Å². The molecule has 0 radical (unpaired) electrons. The molecule has 9 heteroatoms. The molecule has 1 atom stereocenters. The van der Waals surface area contributed by atoms with Gasteiger partial charge in [0.05, 0.1) is 16.4 Å². The predicted molar refractivity (Wildman–Crippen MR) is 83.8 cm³/mol. The van der Waals surface area contributed by atoms with Crippen LogP contribution in [0.25, 0.3) is 0 Å². The minimum atomic E-state index is -3.65. The second kappa shape index (κ2) is 5.96. The van der Waals surface area contributed by atoms with Gasteiger partial charge in [0, 0.05) is 29.4 Å². The third-order valence-corrected chi connectivity index (χ3v) is 8.62. The van der Waals surface area contributed by atoms with E-state index in [1.807, 2.05) is 0 Å². The lowest BCUT2D eigenvalue weighted by atomic mass is 10.3. The number of thiophene rings is 1. The third-order valence-electron chi connectivity index (χ3n) is 3.65. The van der Waals surface area contributed by atoms with Gasteiger partial charge in [0.15, 0.2) is 9.84 Å². The van der Waals surface area contributed by atoms with Crippen molar-refractivity contribution in [3.05, 3.63) is 15.8 Å². The molecule has 1 aromatic heterocycles. The SMILES string of the molecule is CNCc1cc(S(=O)(=O)N(C)C2CCS(=O)(=O)C2)c(C)s1. The fourth-order valence-corrected chi connectivity index (χ4v) is 7.32. The van der Waals surface area contributed by atoms with Gasteiger partial charge < -0.3 is 5.32 Å². The number of aryl methyl sites for hydroxylation is 1. The first kappa shape index (κ1) is 16.9. The van der Waals surface area contributed by atoms with Gasteiger partial charge in [0.2, 0.25) is 10.0 Å². The molecular formula is C12H20N2O4S3. The van der Waals surface area contributed by atoms with Crippen molar-refractivity contribution in [2.75, 3.05) is 25.6 Å². The zero-order chi connectivity index (χ0) is 15.8. The summed E-state index contributed by atoms with van der Waals surface area (Å²) < 4.78 is 49.7. The Labute approximate surface area is 130 Å². The highest BCUT2D eigenvalue weighted by molar-refractivity contribution is 7.92. The van der Waals surface area contributed by atoms with Crippen LogP contribution in [0.3, 0.4) is 0 Å². The Kier molecular flexibility index (Phi) is 4.79. The molecule has 1 fully saturated rings. The van der Waals surface area contributed by atoms with Crippen molar-refractivity contribution >= 4 is 31.2 Å². The first-order chi connectivity index (χ1) is 9.67. The Hall–Kier alpha value is -0.480. The Morgan fingerprint density at radius 2 is 2.14 bits per heavy atom. The lowest BCUT2D eigenvalue weighted by molar-refractivity contribution is 0.394. The molecule has 2 rings (SSSR count). The average Bonchev–Trinajstić information content (AvgIpc) is 2.92. The van der Waals surface area contributed by atoms with Crippen LogP contribution < -0.4 is 5.32 Å². The van der Waals surface area contributed by atoms with Crippen LogP contribution in [-0.2, 0) is 26.4 Å². The molecular weight excluding hydrogens is 332 g/mol. The third kappa shape index (κ3) is 3.48. The molecule has 1 aliphatic rings. The zero-order valence-corrected chi connectivity index (χ0v) is 14.7. The van der Waals surface area contributed by atoms with Gasteiger partial charge in [-0.2, -0.15) is 4.31 Å². The van der Waals surface area contributed by atoms with Crippen LogP contribution in [0.1, 0.15) is 16.2 Å². The Balaban J connectivity index is 2.29. The van der Waals surface area contributed by atoms with E-state index in [0.29, 0.717) is 13.0 Å². The molecule has 1 unspecified atom stereocenters. The van der Waals surface area contributed by atoms with Crippen LogP contribution >= 0.6 is 11.3 Å². The smallest absolute Gasteiger partial charge is 0.244 e. The fraction of sp³-hybridized carbons (Fsp3) is 0.667. The number of hydrogen-bond donors (Lipinski definition) is 1. The van der Waals surface area contributed by atoms with Gasteiger partial charge in [-0.25, -0.2) is 16.8 Å². The molecule has 0 aliphatic carbocycles. The van der Waals surface area contributed by atoms with Crippen molar-refractivity contribution < 1.29 is 16.8 Å². The lowest BCUT2D eigenvalue weighted by Crippen LogP contribution is -2.37. The summed E-state index contributed by atoms with van der Waals surface area (Å²) in [5, 5.41) is 2.99. The normalized spacial score (nSPS) is 22.0. The van der Waals surface area contributed by atoms with E-state index in [1.54, 1.807) is 20.0 Å². The molecule has 120 valence electrons. The lowest BCUT2D eigenvalue weighted by Gasteiger charge is -2.22. The largest absolute Gasteiger partial charge is 0.315 e. The Morgan fingerprint density at radius 3 is 2.67 bits per heavy atom. The number of hydrogen-bond acceptors (Lipinski definition) is 6. The van der Waals surface area contributed by atoms with Gasteiger partial charge in [-0.3, -0.25) is 0 Å². The van der Waals surface area contributed by atoms with Crippen molar-refractivity contribution in [2.24, 2.45) is 0 Å². The topological polar surface area (TPSA) is 83.6 Å². The first-order valence-corrected chi connectivity index (χ1v) is 10.7. The fourth-order valence-electron chi connectivity index (χ4n) is 2.46. The highest BCUT2D eigenvalue weighted by Gasteiger charge is 2.37. The molecule has 0 amide bonds. The second-order valence-electron chi connectivity index (χ2n) is 5.24. The maximum absolute atomic E-state index is 12.7. The van der Waals surface area contributed by atoms with Crippen molar-refractivity contribution in [1.29, 1.82) is 0 Å². The van der Waals surface area contributed by atoms with E-state index in [1.165, 1.54) is 22.7 Å². The highest BCUT2D eigenvalue weighted by Crippen LogP contribution is 2.30. The average molecular weight is 353 g/mol. The minimum absolute atomic E-state index is 0.0607. The monoisotopic (exact) mass is 352 g/mol. The minimum Gasteiger partial charge on any atom is -0.315 e. The Morgan fingerprint density at radius 1 is 1.48 bits per heavy atom. The van der Waals surface area contributed by atoms with Crippen LogP contribution in [0.2, 0.25) is 0 Å². The molecule has 1 aromatic rings. The molecule has 2 heterocycles. The van der Waals surface area contributed by atoms with E-state index in [9.17, 15) is 16.8 Å². The molecule has 0 bridgehead atoms. The number of rotatable bonds is 5. The van der Waals surface area contributed by atoms with Gasteiger partial charge in [-0.15, -0.1) is 11.3 Å². The molecule has 0 saturated carbocycles. The standard InChI is InChI=1S/C12H20N2O4S3/c1-9-12(6-11(19-9)7-13-2)21(17,18)14(3)10-4-5-20(15,16)8-10/h6,10,13H,4-5,7-8H2,1-3H3.